The highest BCUT2D eigenvalue weighted by molar-refractivity contribution is 8.01. The lowest BCUT2D eigenvalue weighted by Crippen LogP contribution is -2.31. The van der Waals surface area contributed by atoms with Crippen molar-refractivity contribution in [3.63, 3.8) is 0 Å². The number of carbonyl (C=O) groups is 1. The number of amides is 1. The normalized spacial score (nSPS) is 15.1. The molecule has 1 amide bonds. The fourth-order valence-electron chi connectivity index (χ4n) is 4.39. The zero-order chi connectivity index (χ0) is 30.5. The van der Waals surface area contributed by atoms with E-state index in [2.05, 4.69) is 10.1 Å². The van der Waals surface area contributed by atoms with Crippen molar-refractivity contribution in [2.24, 2.45) is 11.6 Å². The molecule has 0 saturated heterocycles. The fraction of sp³-hybridized carbons (Fsp3) is 0.393. The fourth-order valence-corrected chi connectivity index (χ4v) is 5.21. The van der Waals surface area contributed by atoms with Gasteiger partial charge in [0.2, 0.25) is 0 Å². The van der Waals surface area contributed by atoms with E-state index >= 15 is 0 Å². The van der Waals surface area contributed by atoms with Gasteiger partial charge in [0.15, 0.2) is 0 Å². The van der Waals surface area contributed by atoms with Gasteiger partial charge in [-0.25, -0.2) is 5.84 Å². The molecule has 41 heavy (non-hydrogen) atoms. The van der Waals surface area contributed by atoms with Crippen LogP contribution in [0.3, 0.4) is 0 Å². The zero-order valence-electron chi connectivity index (χ0n) is 23.8. The minimum atomic E-state index is -4.60. The number of rotatable bonds is 11. The van der Waals surface area contributed by atoms with Gasteiger partial charge in [0.05, 0.1) is 28.0 Å². The van der Waals surface area contributed by atoms with Crippen molar-refractivity contribution in [2.75, 3.05) is 30.5 Å². The summed E-state index contributed by atoms with van der Waals surface area (Å²) in [5.41, 5.74) is 8.61. The summed E-state index contributed by atoms with van der Waals surface area (Å²) in [4.78, 5) is 18.9. The molecular weight excluding hydrogens is 555 g/mol. The lowest BCUT2D eigenvalue weighted by Gasteiger charge is -2.24. The van der Waals surface area contributed by atoms with Gasteiger partial charge in [-0.2, -0.15) is 18.0 Å². The molecule has 2 aromatic rings. The van der Waals surface area contributed by atoms with E-state index in [1.165, 1.54) is 23.0 Å². The topological polar surface area (TPSA) is 123 Å². The second-order valence-electron chi connectivity index (χ2n) is 10.1. The molecule has 1 heterocycles. The molecule has 0 bridgehead atoms. The van der Waals surface area contributed by atoms with Gasteiger partial charge in [-0.1, -0.05) is 13.0 Å². The van der Waals surface area contributed by atoms with E-state index < -0.39 is 23.8 Å². The van der Waals surface area contributed by atoms with Crippen LogP contribution in [-0.2, 0) is 12.7 Å². The van der Waals surface area contributed by atoms with Crippen molar-refractivity contribution < 1.29 is 23.1 Å². The highest BCUT2D eigenvalue weighted by atomic mass is 32.2. The summed E-state index contributed by atoms with van der Waals surface area (Å²) in [5.74, 6) is 5.70. The quantitative estimate of drug-likeness (QED) is 0.144. The molecule has 1 aliphatic rings. The predicted molar refractivity (Wildman–Crippen MR) is 158 cm³/mol. The number of hydrogen-bond acceptors (Lipinski definition) is 9. The van der Waals surface area contributed by atoms with Crippen molar-refractivity contribution in [1.29, 1.82) is 0 Å². The van der Waals surface area contributed by atoms with Crippen LogP contribution in [-0.4, -0.2) is 47.2 Å². The van der Waals surface area contributed by atoms with Crippen LogP contribution < -0.4 is 26.7 Å². The molecule has 0 aliphatic carbocycles. The summed E-state index contributed by atoms with van der Waals surface area (Å²) in [6.07, 6.45) is -2.92. The first kappa shape index (κ1) is 32.3. The number of aliphatic hydroxyl groups excluding tert-OH is 1. The summed E-state index contributed by atoms with van der Waals surface area (Å²) in [6, 6.07) is 8.34. The first-order chi connectivity index (χ1) is 19.2. The van der Waals surface area contributed by atoms with Crippen LogP contribution in [0.5, 0.6) is 0 Å². The number of carbonyl (C=O) groups excluding carboxylic acids is 1. The van der Waals surface area contributed by atoms with Crippen LogP contribution in [0.4, 0.5) is 24.5 Å². The number of anilines is 2. The Bertz CT molecular complexity index is 1310. The number of nitrogens with two attached hydrogens (primary N) is 2. The SMILES string of the molecule is CCCN(Cc1cc(NC(=O)c2ccc(C)c(N(N)/C=C(\N)C3=C(C)N(C)NS3)c2)cc(C(F)(F)F)c1)CC(C)O. The van der Waals surface area contributed by atoms with Crippen molar-refractivity contribution in [3.05, 3.63) is 81.2 Å². The number of allylic oxidation sites excluding steroid dienone is 1. The lowest BCUT2D eigenvalue weighted by atomic mass is 10.1. The van der Waals surface area contributed by atoms with Gasteiger partial charge in [0.25, 0.3) is 5.91 Å². The number of nitrogens with one attached hydrogen (secondary N) is 2. The smallest absolute Gasteiger partial charge is 0.396 e. The van der Waals surface area contributed by atoms with E-state index in [4.69, 9.17) is 11.6 Å². The summed E-state index contributed by atoms with van der Waals surface area (Å²) in [5, 5.41) is 15.6. The zero-order valence-corrected chi connectivity index (χ0v) is 24.7. The number of hydrogen-bond donors (Lipinski definition) is 5. The molecule has 1 unspecified atom stereocenters. The van der Waals surface area contributed by atoms with Crippen molar-refractivity contribution in [3.8, 4) is 0 Å². The molecular formula is C28H38F3N7O2S. The average Bonchev–Trinajstić information content (AvgIpc) is 3.21. The van der Waals surface area contributed by atoms with E-state index in [0.29, 0.717) is 30.0 Å². The van der Waals surface area contributed by atoms with Crippen LogP contribution in [0.2, 0.25) is 0 Å². The molecule has 3 rings (SSSR count). The molecule has 0 saturated carbocycles. The second kappa shape index (κ2) is 13.6. The molecule has 13 heteroatoms. The van der Waals surface area contributed by atoms with Crippen LogP contribution in [0.25, 0.3) is 0 Å². The molecule has 0 fully saturated rings. The molecule has 0 radical (unpaired) electrons. The monoisotopic (exact) mass is 593 g/mol. The van der Waals surface area contributed by atoms with Gasteiger partial charge in [-0.15, -0.1) is 0 Å². The van der Waals surface area contributed by atoms with Gasteiger partial charge in [-0.05, 0) is 87.1 Å². The van der Waals surface area contributed by atoms with E-state index in [1.807, 2.05) is 37.7 Å². The van der Waals surface area contributed by atoms with Crippen LogP contribution in [0.1, 0.15) is 54.2 Å². The summed E-state index contributed by atoms with van der Waals surface area (Å²) in [7, 11) is 1.86. The van der Waals surface area contributed by atoms with Gasteiger partial charge in [0, 0.05) is 43.3 Å². The molecule has 0 spiro atoms. The Balaban J connectivity index is 1.87. The molecule has 224 valence electrons. The first-order valence-corrected chi connectivity index (χ1v) is 13.9. The Hall–Kier alpha value is -3.23. The number of alkyl halides is 3. The maximum atomic E-state index is 13.7. The van der Waals surface area contributed by atoms with E-state index in [9.17, 15) is 23.1 Å². The number of hydrazine groups is 2. The highest BCUT2D eigenvalue weighted by Gasteiger charge is 2.31. The minimum Gasteiger partial charge on any atom is -0.396 e. The molecule has 1 atom stereocenters. The van der Waals surface area contributed by atoms with Crippen molar-refractivity contribution in [2.45, 2.75) is 52.9 Å². The third-order valence-corrected chi connectivity index (χ3v) is 7.55. The van der Waals surface area contributed by atoms with Gasteiger partial charge in [0.1, 0.15) is 0 Å². The molecule has 0 aromatic heterocycles. The first-order valence-electron chi connectivity index (χ1n) is 13.1. The predicted octanol–water partition coefficient (Wildman–Crippen LogP) is 4.67. The Labute approximate surface area is 243 Å². The van der Waals surface area contributed by atoms with Gasteiger partial charge in [-0.3, -0.25) is 14.7 Å². The number of aryl methyl sites for hydroxylation is 1. The third-order valence-electron chi connectivity index (χ3n) is 6.45. The molecule has 2 aromatic carbocycles. The van der Waals surface area contributed by atoms with E-state index in [0.717, 1.165) is 34.7 Å². The maximum absolute atomic E-state index is 13.7. The average molecular weight is 594 g/mol. The van der Waals surface area contributed by atoms with Crippen LogP contribution in [0, 0.1) is 6.92 Å². The number of halogens is 3. The number of nitrogens with zero attached hydrogens (tertiary/aromatic N) is 3. The largest absolute Gasteiger partial charge is 0.416 e. The van der Waals surface area contributed by atoms with Crippen LogP contribution in [0.15, 0.2) is 58.9 Å². The Morgan fingerprint density at radius 1 is 1.24 bits per heavy atom. The summed E-state index contributed by atoms with van der Waals surface area (Å²) in [6.45, 7) is 8.42. The Morgan fingerprint density at radius 2 is 1.95 bits per heavy atom. The number of aliphatic hydroxyl groups is 1. The van der Waals surface area contributed by atoms with E-state index in [-0.39, 0.29) is 17.8 Å². The van der Waals surface area contributed by atoms with Gasteiger partial charge >= 0.3 is 6.18 Å². The Morgan fingerprint density at radius 3 is 2.54 bits per heavy atom. The minimum absolute atomic E-state index is 0.0153. The molecule has 7 N–H and O–H groups in total. The second-order valence-corrected chi connectivity index (χ2v) is 10.9. The maximum Gasteiger partial charge on any atom is 0.416 e. The molecule has 1 aliphatic heterocycles. The standard InChI is InChI=1S/C28H38F3N7O2S/c1-6-9-37(14-18(3)39)15-20-10-22(28(29,30)31)13-23(11-20)34-27(40)21-8-7-17(2)25(12-21)38(33)16-24(32)26-19(4)36(5)35-41-26/h7-8,10-13,16,18,35,39H,6,9,14-15,32-33H2,1-5H3,(H,34,40)/b24-16-. The lowest BCUT2D eigenvalue weighted by molar-refractivity contribution is -0.137. The third kappa shape index (κ3) is 8.63. The summed E-state index contributed by atoms with van der Waals surface area (Å²) >= 11 is 1.35. The highest BCUT2D eigenvalue weighted by Crippen LogP contribution is 2.33. The van der Waals surface area contributed by atoms with Crippen molar-refractivity contribution in [1.82, 2.24) is 14.7 Å². The number of benzene rings is 2. The Kier molecular flexibility index (Phi) is 10.7. The van der Waals surface area contributed by atoms with Crippen LogP contribution >= 0.6 is 11.9 Å². The molecule has 9 nitrogen and oxygen atoms in total. The van der Waals surface area contributed by atoms with E-state index in [1.54, 1.807) is 31.3 Å². The van der Waals surface area contributed by atoms with Gasteiger partial charge < -0.3 is 21.2 Å². The summed E-state index contributed by atoms with van der Waals surface area (Å²) < 4.78 is 41.2. The van der Waals surface area contributed by atoms with Crippen molar-refractivity contribution >= 4 is 29.2 Å².